The highest BCUT2D eigenvalue weighted by atomic mass is 16.4. The third kappa shape index (κ3) is 6.90. The van der Waals surface area contributed by atoms with Crippen LogP contribution in [0.25, 0.3) is 11.1 Å². The molecule has 0 heterocycles. The Morgan fingerprint density at radius 2 is 0.850 bits per heavy atom. The first kappa shape index (κ1) is 19.6. The highest BCUT2D eigenvalue weighted by Crippen LogP contribution is 2.17. The highest BCUT2D eigenvalue weighted by Gasteiger charge is 2.04. The van der Waals surface area contributed by atoms with Crippen molar-refractivity contribution >= 4 is 11.9 Å². The molecule has 108 valence electrons. The molecule has 0 atom stereocenters. The monoisotopic (exact) mass is 278 g/mol. The van der Waals surface area contributed by atoms with E-state index in [0.717, 1.165) is 0 Å². The van der Waals surface area contributed by atoms with Crippen molar-refractivity contribution in [1.82, 2.24) is 12.3 Å². The molecule has 2 aromatic carbocycles. The lowest BCUT2D eigenvalue weighted by Gasteiger charge is -1.98. The van der Waals surface area contributed by atoms with E-state index in [-0.39, 0.29) is 12.3 Å². The maximum Gasteiger partial charge on any atom is 0.414 e. The summed E-state index contributed by atoms with van der Waals surface area (Å²) in [6, 6.07) is 20.8. The Labute approximate surface area is 116 Å². The topological polar surface area (TPSA) is 145 Å². The van der Waals surface area contributed by atoms with Gasteiger partial charge in [0.2, 0.25) is 0 Å². The third-order valence-corrected chi connectivity index (χ3v) is 2.06. The normalized spacial score (nSPS) is 8.00. The minimum atomic E-state index is -1.82. The van der Waals surface area contributed by atoms with Crippen molar-refractivity contribution in [3.63, 3.8) is 0 Å². The van der Waals surface area contributed by atoms with Gasteiger partial charge in [0.1, 0.15) is 0 Å². The van der Waals surface area contributed by atoms with E-state index >= 15 is 0 Å². The number of carboxylic acids is 2. The first-order valence-corrected chi connectivity index (χ1v) is 5.18. The Balaban J connectivity index is 0. The summed E-state index contributed by atoms with van der Waals surface area (Å²) in [5.41, 5.74) is 2.55. The summed E-state index contributed by atoms with van der Waals surface area (Å²) in [5, 5.41) is 14.8. The van der Waals surface area contributed by atoms with Crippen molar-refractivity contribution in [2.24, 2.45) is 0 Å². The lowest BCUT2D eigenvalue weighted by atomic mass is 10.1. The third-order valence-electron chi connectivity index (χ3n) is 2.06. The molecule has 0 saturated carbocycles. The van der Waals surface area contributed by atoms with Crippen molar-refractivity contribution in [3.8, 4) is 11.1 Å². The van der Waals surface area contributed by atoms with Crippen LogP contribution in [0.3, 0.4) is 0 Å². The molecule has 6 heteroatoms. The second kappa shape index (κ2) is 10.2. The summed E-state index contributed by atoms with van der Waals surface area (Å²) in [6.45, 7) is 0. The van der Waals surface area contributed by atoms with E-state index in [2.05, 4.69) is 48.5 Å². The van der Waals surface area contributed by atoms with Gasteiger partial charge in [-0.3, -0.25) is 0 Å². The van der Waals surface area contributed by atoms with Gasteiger partial charge in [-0.25, -0.2) is 9.59 Å². The lowest BCUT2D eigenvalue weighted by molar-refractivity contribution is -0.159. The number of hydrogen-bond donors (Lipinski definition) is 4. The number of carbonyl (C=O) groups is 2. The molecule has 0 radical (unpaired) electrons. The van der Waals surface area contributed by atoms with Gasteiger partial charge in [-0.2, -0.15) is 0 Å². The smallest absolute Gasteiger partial charge is 0.414 e. The SMILES string of the molecule is N.N.O=C(O)C(=O)O.c1ccc(-c2ccccc2)cc1. The van der Waals surface area contributed by atoms with Crippen LogP contribution in [0.15, 0.2) is 60.7 Å². The Bertz CT molecular complexity index is 466. The van der Waals surface area contributed by atoms with Crippen molar-refractivity contribution in [1.29, 1.82) is 0 Å². The van der Waals surface area contributed by atoms with Gasteiger partial charge in [0, 0.05) is 0 Å². The van der Waals surface area contributed by atoms with Crippen LogP contribution < -0.4 is 12.3 Å². The van der Waals surface area contributed by atoms with Gasteiger partial charge in [0.25, 0.3) is 0 Å². The Morgan fingerprint density at radius 3 is 1.05 bits per heavy atom. The molecule has 0 aromatic heterocycles. The van der Waals surface area contributed by atoms with Gasteiger partial charge in [-0.15, -0.1) is 0 Å². The summed E-state index contributed by atoms with van der Waals surface area (Å²) >= 11 is 0. The number of hydrogen-bond acceptors (Lipinski definition) is 4. The first-order valence-electron chi connectivity index (χ1n) is 5.18. The molecule has 0 saturated heterocycles. The zero-order valence-electron chi connectivity index (χ0n) is 10.9. The number of rotatable bonds is 1. The quantitative estimate of drug-likeness (QED) is 0.590. The molecule has 2 rings (SSSR count). The van der Waals surface area contributed by atoms with Crippen LogP contribution in [0.5, 0.6) is 0 Å². The van der Waals surface area contributed by atoms with Crippen LogP contribution in [-0.4, -0.2) is 22.2 Å². The Kier molecular flexibility index (Phi) is 10.1. The largest absolute Gasteiger partial charge is 0.473 e. The number of carboxylic acid groups (broad SMARTS) is 2. The molecule has 2 aromatic rings. The maximum absolute atomic E-state index is 9.10. The fraction of sp³-hybridized carbons (Fsp3) is 0. The minimum absolute atomic E-state index is 0. The van der Waals surface area contributed by atoms with Crippen molar-refractivity contribution in [2.45, 2.75) is 0 Å². The van der Waals surface area contributed by atoms with Crippen LogP contribution in [0.4, 0.5) is 0 Å². The van der Waals surface area contributed by atoms with E-state index in [0.29, 0.717) is 0 Å². The second-order valence-corrected chi connectivity index (χ2v) is 3.34. The first-order chi connectivity index (χ1) is 8.61. The number of aliphatic carboxylic acids is 2. The molecule has 0 fully saturated rings. The fourth-order valence-corrected chi connectivity index (χ4v) is 1.26. The van der Waals surface area contributed by atoms with E-state index in [1.165, 1.54) is 11.1 Å². The van der Waals surface area contributed by atoms with E-state index in [1.807, 2.05) is 12.1 Å². The van der Waals surface area contributed by atoms with Crippen LogP contribution in [0, 0.1) is 0 Å². The second-order valence-electron chi connectivity index (χ2n) is 3.34. The predicted molar refractivity (Wildman–Crippen MR) is 77.2 cm³/mol. The molecular formula is C14H18N2O4. The molecule has 0 amide bonds. The van der Waals surface area contributed by atoms with E-state index < -0.39 is 11.9 Å². The summed E-state index contributed by atoms with van der Waals surface area (Å²) in [5.74, 6) is -3.65. The minimum Gasteiger partial charge on any atom is -0.473 e. The van der Waals surface area contributed by atoms with Crippen molar-refractivity contribution in [2.75, 3.05) is 0 Å². The molecule has 8 N–H and O–H groups in total. The van der Waals surface area contributed by atoms with E-state index in [4.69, 9.17) is 19.8 Å². The molecule has 0 unspecified atom stereocenters. The maximum atomic E-state index is 9.10. The summed E-state index contributed by atoms with van der Waals surface area (Å²) in [6.07, 6.45) is 0. The van der Waals surface area contributed by atoms with Crippen LogP contribution in [0.2, 0.25) is 0 Å². The molecular weight excluding hydrogens is 260 g/mol. The molecule has 20 heavy (non-hydrogen) atoms. The Morgan fingerprint density at radius 1 is 0.600 bits per heavy atom. The number of benzene rings is 2. The fourth-order valence-electron chi connectivity index (χ4n) is 1.26. The summed E-state index contributed by atoms with van der Waals surface area (Å²) in [7, 11) is 0. The van der Waals surface area contributed by atoms with Crippen LogP contribution >= 0.6 is 0 Å². The van der Waals surface area contributed by atoms with Crippen LogP contribution in [-0.2, 0) is 9.59 Å². The molecule has 0 aliphatic carbocycles. The zero-order valence-corrected chi connectivity index (χ0v) is 10.9. The van der Waals surface area contributed by atoms with Crippen molar-refractivity contribution in [3.05, 3.63) is 60.7 Å². The summed E-state index contributed by atoms with van der Waals surface area (Å²) < 4.78 is 0. The summed E-state index contributed by atoms with van der Waals surface area (Å²) in [4.78, 5) is 18.2. The lowest BCUT2D eigenvalue weighted by Crippen LogP contribution is -2.09. The molecule has 0 bridgehead atoms. The standard InChI is InChI=1S/C12H10.C2H2O4.2H3N/c1-3-7-11(8-4-1)12-9-5-2-6-10-12;3-1(4)2(5)6;;/h1-10H;(H,3,4)(H,5,6);2*1H3. The van der Waals surface area contributed by atoms with Crippen LogP contribution in [0.1, 0.15) is 0 Å². The van der Waals surface area contributed by atoms with Gasteiger partial charge in [-0.05, 0) is 11.1 Å². The van der Waals surface area contributed by atoms with Gasteiger partial charge >= 0.3 is 11.9 Å². The van der Waals surface area contributed by atoms with Gasteiger partial charge in [0.15, 0.2) is 0 Å². The predicted octanol–water partition coefficient (Wildman–Crippen LogP) is 2.83. The molecule has 0 aliphatic heterocycles. The van der Waals surface area contributed by atoms with E-state index in [9.17, 15) is 0 Å². The average Bonchev–Trinajstić information content (AvgIpc) is 2.41. The van der Waals surface area contributed by atoms with Gasteiger partial charge in [0.05, 0.1) is 0 Å². The average molecular weight is 278 g/mol. The van der Waals surface area contributed by atoms with E-state index in [1.54, 1.807) is 0 Å². The molecule has 0 aliphatic rings. The molecule has 6 nitrogen and oxygen atoms in total. The highest BCUT2D eigenvalue weighted by molar-refractivity contribution is 6.27. The van der Waals surface area contributed by atoms with Crippen molar-refractivity contribution < 1.29 is 19.8 Å². The zero-order chi connectivity index (χ0) is 13.4. The van der Waals surface area contributed by atoms with Gasteiger partial charge < -0.3 is 22.5 Å². The van der Waals surface area contributed by atoms with Gasteiger partial charge in [-0.1, -0.05) is 60.7 Å². The Hall–Kier alpha value is -2.70. The molecule has 0 spiro atoms.